The first-order valence-corrected chi connectivity index (χ1v) is 6.59. The van der Waals surface area contributed by atoms with Crippen molar-refractivity contribution in [1.82, 2.24) is 4.98 Å². The second kappa shape index (κ2) is 7.93. The molecule has 0 aliphatic rings. The van der Waals surface area contributed by atoms with Gasteiger partial charge in [-0.3, -0.25) is 0 Å². The van der Waals surface area contributed by atoms with Crippen molar-refractivity contribution in [2.24, 2.45) is 0 Å². The molecule has 0 saturated carbocycles. The highest BCUT2D eigenvalue weighted by atomic mass is 16.5. The van der Waals surface area contributed by atoms with E-state index in [1.165, 1.54) is 32.1 Å². The molecule has 0 spiro atoms. The number of hydrogen-bond acceptors (Lipinski definition) is 3. The highest BCUT2D eigenvalue weighted by molar-refractivity contribution is 5.41. The number of rotatable bonds is 8. The van der Waals surface area contributed by atoms with Crippen LogP contribution in [0.15, 0.2) is 12.3 Å². The summed E-state index contributed by atoms with van der Waals surface area (Å²) >= 11 is 0. The van der Waals surface area contributed by atoms with Crippen molar-refractivity contribution in [3.8, 4) is 5.88 Å². The van der Waals surface area contributed by atoms with Crippen molar-refractivity contribution < 1.29 is 4.74 Å². The van der Waals surface area contributed by atoms with Gasteiger partial charge in [-0.2, -0.15) is 0 Å². The molecule has 96 valence electrons. The van der Waals surface area contributed by atoms with Crippen LogP contribution in [-0.4, -0.2) is 11.6 Å². The van der Waals surface area contributed by atoms with Crippen molar-refractivity contribution in [1.29, 1.82) is 0 Å². The van der Waals surface area contributed by atoms with Gasteiger partial charge >= 0.3 is 0 Å². The van der Waals surface area contributed by atoms with Crippen LogP contribution in [-0.2, 0) is 0 Å². The topological polar surface area (TPSA) is 48.1 Å². The Morgan fingerprint density at radius 3 is 2.59 bits per heavy atom. The van der Waals surface area contributed by atoms with Crippen molar-refractivity contribution >= 4 is 5.69 Å². The van der Waals surface area contributed by atoms with Gasteiger partial charge in [-0.25, -0.2) is 4.98 Å². The molecule has 0 amide bonds. The van der Waals surface area contributed by atoms with E-state index in [0.717, 1.165) is 18.6 Å². The number of anilines is 1. The van der Waals surface area contributed by atoms with Gasteiger partial charge in [0.05, 0.1) is 18.5 Å². The summed E-state index contributed by atoms with van der Waals surface area (Å²) in [6.07, 6.45) is 9.29. The third-order valence-electron chi connectivity index (χ3n) is 2.79. The van der Waals surface area contributed by atoms with Crippen LogP contribution < -0.4 is 10.5 Å². The van der Waals surface area contributed by atoms with Crippen molar-refractivity contribution in [2.45, 2.75) is 52.4 Å². The molecular weight excluding hydrogens is 212 g/mol. The van der Waals surface area contributed by atoms with Gasteiger partial charge in [-0.15, -0.1) is 0 Å². The van der Waals surface area contributed by atoms with Crippen LogP contribution in [0.3, 0.4) is 0 Å². The minimum Gasteiger partial charge on any atom is -0.477 e. The normalized spacial score (nSPS) is 10.5. The van der Waals surface area contributed by atoms with Gasteiger partial charge in [-0.1, -0.05) is 39.0 Å². The Morgan fingerprint density at radius 1 is 1.18 bits per heavy atom. The summed E-state index contributed by atoms with van der Waals surface area (Å²) in [6.45, 7) is 4.96. The summed E-state index contributed by atoms with van der Waals surface area (Å²) in [5.41, 5.74) is 7.33. The summed E-state index contributed by atoms with van der Waals surface area (Å²) in [5, 5.41) is 0. The van der Waals surface area contributed by atoms with E-state index < -0.39 is 0 Å². The van der Waals surface area contributed by atoms with E-state index in [2.05, 4.69) is 11.9 Å². The van der Waals surface area contributed by atoms with Gasteiger partial charge in [0.25, 0.3) is 0 Å². The molecule has 0 bridgehead atoms. The monoisotopic (exact) mass is 236 g/mol. The van der Waals surface area contributed by atoms with Crippen LogP contribution >= 0.6 is 0 Å². The van der Waals surface area contributed by atoms with Gasteiger partial charge in [0.15, 0.2) is 0 Å². The lowest BCUT2D eigenvalue weighted by molar-refractivity contribution is 0.291. The molecule has 0 aromatic carbocycles. The molecule has 0 atom stereocenters. The van der Waals surface area contributed by atoms with Crippen LogP contribution in [0.5, 0.6) is 5.88 Å². The quantitative estimate of drug-likeness (QED) is 0.700. The Morgan fingerprint density at radius 2 is 1.88 bits per heavy atom. The van der Waals surface area contributed by atoms with Gasteiger partial charge < -0.3 is 10.5 Å². The SMILES string of the molecule is CCCCCCCCOc1ncc(N)cc1C. The molecule has 0 aliphatic heterocycles. The summed E-state index contributed by atoms with van der Waals surface area (Å²) in [5.74, 6) is 0.716. The van der Waals surface area contributed by atoms with Crippen LogP contribution in [0.2, 0.25) is 0 Å². The van der Waals surface area contributed by atoms with Crippen LogP contribution in [0.25, 0.3) is 0 Å². The molecule has 0 radical (unpaired) electrons. The van der Waals surface area contributed by atoms with Crippen molar-refractivity contribution in [2.75, 3.05) is 12.3 Å². The largest absolute Gasteiger partial charge is 0.477 e. The molecule has 3 heteroatoms. The zero-order valence-electron chi connectivity index (χ0n) is 11.0. The second-order valence-electron chi connectivity index (χ2n) is 4.51. The first-order chi connectivity index (χ1) is 8.24. The Kier molecular flexibility index (Phi) is 6.45. The number of aryl methyl sites for hydroxylation is 1. The maximum atomic E-state index is 5.63. The summed E-state index contributed by atoms with van der Waals surface area (Å²) in [7, 11) is 0. The lowest BCUT2D eigenvalue weighted by atomic mass is 10.1. The lowest BCUT2D eigenvalue weighted by Crippen LogP contribution is -2.01. The first kappa shape index (κ1) is 13.8. The minimum absolute atomic E-state index is 0.689. The number of unbranched alkanes of at least 4 members (excludes halogenated alkanes) is 5. The van der Waals surface area contributed by atoms with Gasteiger partial charge in [0.2, 0.25) is 5.88 Å². The molecule has 1 rings (SSSR count). The molecule has 1 heterocycles. The fraction of sp³-hybridized carbons (Fsp3) is 0.643. The number of aromatic nitrogens is 1. The van der Waals surface area contributed by atoms with E-state index in [9.17, 15) is 0 Å². The fourth-order valence-corrected chi connectivity index (χ4v) is 1.79. The number of pyridine rings is 1. The Labute approximate surface area is 104 Å². The number of nitrogens with two attached hydrogens (primary N) is 1. The fourth-order valence-electron chi connectivity index (χ4n) is 1.79. The molecular formula is C14H24N2O. The van der Waals surface area contributed by atoms with E-state index in [-0.39, 0.29) is 0 Å². The summed E-state index contributed by atoms with van der Waals surface area (Å²) < 4.78 is 5.63. The number of ether oxygens (including phenoxy) is 1. The molecule has 0 unspecified atom stereocenters. The highest BCUT2D eigenvalue weighted by Crippen LogP contribution is 2.16. The van der Waals surface area contributed by atoms with E-state index in [1.807, 2.05) is 13.0 Å². The molecule has 0 aliphatic carbocycles. The zero-order chi connectivity index (χ0) is 12.5. The predicted molar refractivity (Wildman–Crippen MR) is 72.3 cm³/mol. The van der Waals surface area contributed by atoms with Crippen LogP contribution in [0.1, 0.15) is 51.0 Å². The molecule has 3 nitrogen and oxygen atoms in total. The molecule has 1 aromatic rings. The van der Waals surface area contributed by atoms with Gasteiger partial charge in [-0.05, 0) is 19.4 Å². The second-order valence-corrected chi connectivity index (χ2v) is 4.51. The Bertz CT molecular complexity index is 326. The number of nitrogens with zero attached hydrogens (tertiary/aromatic N) is 1. The lowest BCUT2D eigenvalue weighted by Gasteiger charge is -2.08. The standard InChI is InChI=1S/C14H24N2O/c1-3-4-5-6-7-8-9-17-14-12(2)10-13(15)11-16-14/h10-11H,3-9,15H2,1-2H3. The summed E-state index contributed by atoms with van der Waals surface area (Å²) in [6, 6.07) is 1.89. The number of hydrogen-bond donors (Lipinski definition) is 1. The third kappa shape index (κ3) is 5.57. The summed E-state index contributed by atoms with van der Waals surface area (Å²) in [4.78, 5) is 4.18. The van der Waals surface area contributed by atoms with E-state index in [0.29, 0.717) is 11.6 Å². The molecule has 17 heavy (non-hydrogen) atoms. The third-order valence-corrected chi connectivity index (χ3v) is 2.79. The van der Waals surface area contributed by atoms with E-state index in [1.54, 1.807) is 6.20 Å². The average Bonchev–Trinajstić information content (AvgIpc) is 2.30. The smallest absolute Gasteiger partial charge is 0.216 e. The average molecular weight is 236 g/mol. The van der Waals surface area contributed by atoms with E-state index in [4.69, 9.17) is 10.5 Å². The minimum atomic E-state index is 0.689. The first-order valence-electron chi connectivity index (χ1n) is 6.59. The maximum Gasteiger partial charge on any atom is 0.216 e. The van der Waals surface area contributed by atoms with E-state index >= 15 is 0 Å². The predicted octanol–water partition coefficient (Wildman–Crippen LogP) is 3.71. The van der Waals surface area contributed by atoms with Gasteiger partial charge in [0.1, 0.15) is 0 Å². The van der Waals surface area contributed by atoms with Gasteiger partial charge in [0, 0.05) is 5.56 Å². The van der Waals surface area contributed by atoms with Crippen molar-refractivity contribution in [3.63, 3.8) is 0 Å². The number of nitrogen functional groups attached to an aromatic ring is 1. The molecule has 0 fully saturated rings. The molecule has 2 N–H and O–H groups in total. The van der Waals surface area contributed by atoms with Crippen LogP contribution in [0.4, 0.5) is 5.69 Å². The maximum absolute atomic E-state index is 5.63. The molecule has 1 aromatic heterocycles. The van der Waals surface area contributed by atoms with Crippen LogP contribution in [0, 0.1) is 6.92 Å². The highest BCUT2D eigenvalue weighted by Gasteiger charge is 2.01. The Hall–Kier alpha value is -1.25. The van der Waals surface area contributed by atoms with Crippen molar-refractivity contribution in [3.05, 3.63) is 17.8 Å². The zero-order valence-corrected chi connectivity index (χ0v) is 11.0. The Balaban J connectivity index is 2.14. The molecule has 0 saturated heterocycles.